The van der Waals surface area contributed by atoms with E-state index >= 15 is 0 Å². The molecule has 114 valence electrons. The fourth-order valence-corrected chi connectivity index (χ4v) is 3.08. The predicted molar refractivity (Wildman–Crippen MR) is 88.4 cm³/mol. The van der Waals surface area contributed by atoms with Crippen LogP contribution in [0.25, 0.3) is 21.5 Å². The lowest BCUT2D eigenvalue weighted by atomic mass is 10.2. The van der Waals surface area contributed by atoms with Crippen LogP contribution in [-0.4, -0.2) is 30.9 Å². The molecule has 0 saturated heterocycles. The van der Waals surface area contributed by atoms with Gasteiger partial charge in [-0.05, 0) is 6.07 Å². The van der Waals surface area contributed by atoms with Crippen LogP contribution in [0.3, 0.4) is 0 Å². The van der Waals surface area contributed by atoms with E-state index in [1.165, 1.54) is 11.3 Å². The van der Waals surface area contributed by atoms with E-state index in [1.54, 1.807) is 22.5 Å². The minimum atomic E-state index is -0.251. The molecule has 0 spiro atoms. The number of fused-ring (bicyclic) bond motifs is 1. The van der Waals surface area contributed by atoms with E-state index in [0.29, 0.717) is 11.4 Å². The summed E-state index contributed by atoms with van der Waals surface area (Å²) in [4.78, 5) is 16.8. The van der Waals surface area contributed by atoms with Crippen molar-refractivity contribution in [3.8, 4) is 10.6 Å². The number of rotatable bonds is 3. The van der Waals surface area contributed by atoms with Crippen LogP contribution in [0.2, 0.25) is 0 Å². The van der Waals surface area contributed by atoms with E-state index in [-0.39, 0.29) is 5.91 Å². The largest absolute Gasteiger partial charge is 0.319 e. The molecular weight excluding hydrogens is 312 g/mol. The van der Waals surface area contributed by atoms with Gasteiger partial charge in [-0.1, -0.05) is 12.1 Å². The summed E-state index contributed by atoms with van der Waals surface area (Å²) in [5, 5.41) is 17.3. The number of nitrogens with zero attached hydrogens (tertiary/aromatic N) is 4. The second-order valence-electron chi connectivity index (χ2n) is 5.03. The van der Waals surface area contributed by atoms with Gasteiger partial charge < -0.3 is 5.32 Å². The fourth-order valence-electron chi connectivity index (χ4n) is 2.30. The van der Waals surface area contributed by atoms with E-state index in [2.05, 4.69) is 25.6 Å². The molecule has 3 heterocycles. The normalized spacial score (nSPS) is 11.0. The first-order valence-corrected chi connectivity index (χ1v) is 7.76. The average molecular weight is 324 g/mol. The average Bonchev–Trinajstić information content (AvgIpc) is 3.27. The van der Waals surface area contributed by atoms with Gasteiger partial charge in [-0.2, -0.15) is 10.2 Å². The second-order valence-corrected chi connectivity index (χ2v) is 5.89. The highest BCUT2D eigenvalue weighted by atomic mass is 32.1. The molecule has 0 aliphatic carbocycles. The highest BCUT2D eigenvalue weighted by Crippen LogP contribution is 2.25. The molecule has 4 aromatic rings. The van der Waals surface area contributed by atoms with E-state index in [1.807, 2.05) is 31.4 Å². The quantitative estimate of drug-likeness (QED) is 0.606. The van der Waals surface area contributed by atoms with Crippen molar-refractivity contribution in [2.45, 2.75) is 0 Å². The van der Waals surface area contributed by atoms with E-state index in [4.69, 9.17) is 0 Å². The first-order chi connectivity index (χ1) is 11.2. The molecule has 1 amide bonds. The van der Waals surface area contributed by atoms with E-state index in [0.717, 1.165) is 21.5 Å². The van der Waals surface area contributed by atoms with Crippen LogP contribution in [0.5, 0.6) is 0 Å². The van der Waals surface area contributed by atoms with Gasteiger partial charge in [0.1, 0.15) is 10.7 Å². The number of hydrogen-bond donors (Lipinski definition) is 2. The van der Waals surface area contributed by atoms with Crippen LogP contribution < -0.4 is 5.32 Å². The number of H-pyrrole nitrogens is 1. The Morgan fingerprint density at radius 3 is 3.09 bits per heavy atom. The summed E-state index contributed by atoms with van der Waals surface area (Å²) in [6.45, 7) is 0. The third-order valence-electron chi connectivity index (χ3n) is 3.41. The Bertz CT molecular complexity index is 998. The summed E-state index contributed by atoms with van der Waals surface area (Å²) in [6, 6.07) is 5.63. The number of hydrogen-bond acceptors (Lipinski definition) is 5. The molecule has 0 aliphatic rings. The molecule has 1 aromatic carbocycles. The first-order valence-electron chi connectivity index (χ1n) is 6.89. The van der Waals surface area contributed by atoms with Gasteiger partial charge in [-0.3, -0.25) is 14.6 Å². The summed E-state index contributed by atoms with van der Waals surface area (Å²) in [5.74, 6) is -0.251. The van der Waals surface area contributed by atoms with Gasteiger partial charge >= 0.3 is 0 Å². The Kier molecular flexibility index (Phi) is 3.16. The highest BCUT2D eigenvalue weighted by molar-refractivity contribution is 7.13. The Morgan fingerprint density at radius 1 is 1.35 bits per heavy atom. The molecule has 0 atom stereocenters. The third kappa shape index (κ3) is 2.49. The van der Waals surface area contributed by atoms with Gasteiger partial charge in [0.15, 0.2) is 0 Å². The number of benzene rings is 1. The van der Waals surface area contributed by atoms with Crippen molar-refractivity contribution in [2.75, 3.05) is 5.32 Å². The number of nitrogens with one attached hydrogen (secondary N) is 2. The Balaban J connectivity index is 1.60. The van der Waals surface area contributed by atoms with Gasteiger partial charge in [0.05, 0.1) is 23.6 Å². The van der Waals surface area contributed by atoms with Crippen molar-refractivity contribution < 1.29 is 4.79 Å². The maximum absolute atomic E-state index is 12.4. The van der Waals surface area contributed by atoms with Crippen LogP contribution in [0.4, 0.5) is 5.69 Å². The van der Waals surface area contributed by atoms with E-state index < -0.39 is 0 Å². The second kappa shape index (κ2) is 5.33. The summed E-state index contributed by atoms with van der Waals surface area (Å²) < 4.78 is 1.70. The van der Waals surface area contributed by atoms with Crippen LogP contribution in [0.15, 0.2) is 42.2 Å². The number of aryl methyl sites for hydroxylation is 1. The lowest BCUT2D eigenvalue weighted by molar-refractivity contribution is 0.102. The number of carbonyl (C=O) groups is 1. The molecule has 7 nitrogen and oxygen atoms in total. The lowest BCUT2D eigenvalue weighted by Gasteiger charge is -2.04. The number of amides is 1. The summed E-state index contributed by atoms with van der Waals surface area (Å²) >= 11 is 1.41. The maximum Gasteiger partial charge on any atom is 0.275 e. The van der Waals surface area contributed by atoms with Crippen molar-refractivity contribution in [3.63, 3.8) is 0 Å². The number of para-hydroxylation sites is 1. The smallest absolute Gasteiger partial charge is 0.275 e. The van der Waals surface area contributed by atoms with Gasteiger partial charge in [0.2, 0.25) is 0 Å². The van der Waals surface area contributed by atoms with Gasteiger partial charge in [0, 0.05) is 29.6 Å². The molecule has 0 unspecified atom stereocenters. The SMILES string of the molecule is Cn1cc(-c2nc(C(=O)Nc3cccc4cn[nH]c34)cs2)cn1. The van der Waals surface area contributed by atoms with Crippen molar-refractivity contribution in [1.29, 1.82) is 0 Å². The Hall–Kier alpha value is -3.00. The minimum absolute atomic E-state index is 0.251. The van der Waals surface area contributed by atoms with Gasteiger partial charge in [-0.25, -0.2) is 4.98 Å². The zero-order valence-corrected chi connectivity index (χ0v) is 13.0. The number of anilines is 1. The molecule has 0 saturated carbocycles. The molecular formula is C15H12N6OS. The molecule has 23 heavy (non-hydrogen) atoms. The molecule has 0 aliphatic heterocycles. The van der Waals surface area contributed by atoms with E-state index in [9.17, 15) is 4.79 Å². The van der Waals surface area contributed by atoms with Crippen molar-refractivity contribution in [1.82, 2.24) is 25.0 Å². The standard InChI is InChI=1S/C15H12N6OS/c1-21-7-10(6-17-21)15-19-12(8-23-15)14(22)18-11-4-2-3-9-5-16-20-13(9)11/h2-8H,1H3,(H,16,20)(H,18,22). The van der Waals surface area contributed by atoms with Crippen molar-refractivity contribution in [3.05, 3.63) is 47.9 Å². The van der Waals surface area contributed by atoms with Crippen molar-refractivity contribution in [2.24, 2.45) is 7.05 Å². The maximum atomic E-state index is 12.4. The predicted octanol–water partition coefficient (Wildman–Crippen LogP) is 2.67. The molecule has 0 radical (unpaired) electrons. The molecule has 4 rings (SSSR count). The monoisotopic (exact) mass is 324 g/mol. The molecule has 3 aromatic heterocycles. The Morgan fingerprint density at radius 2 is 2.26 bits per heavy atom. The minimum Gasteiger partial charge on any atom is -0.319 e. The first kappa shape index (κ1) is 13.6. The molecule has 8 heteroatoms. The van der Waals surface area contributed by atoms with Gasteiger partial charge in [-0.15, -0.1) is 11.3 Å². The number of thiazole rings is 1. The van der Waals surface area contributed by atoms with Crippen LogP contribution >= 0.6 is 11.3 Å². The van der Waals surface area contributed by atoms with Crippen LogP contribution in [-0.2, 0) is 7.05 Å². The number of aromatic nitrogens is 5. The summed E-state index contributed by atoms with van der Waals surface area (Å²) in [5.41, 5.74) is 2.75. The topological polar surface area (TPSA) is 88.5 Å². The number of aromatic amines is 1. The zero-order valence-electron chi connectivity index (χ0n) is 12.1. The third-order valence-corrected chi connectivity index (χ3v) is 4.30. The summed E-state index contributed by atoms with van der Waals surface area (Å²) in [6.07, 6.45) is 5.31. The number of carbonyl (C=O) groups excluding carboxylic acids is 1. The fraction of sp³-hybridized carbons (Fsp3) is 0.0667. The molecule has 0 bridgehead atoms. The van der Waals surface area contributed by atoms with Crippen molar-refractivity contribution >= 4 is 33.8 Å². The summed E-state index contributed by atoms with van der Waals surface area (Å²) in [7, 11) is 1.84. The zero-order chi connectivity index (χ0) is 15.8. The van der Waals surface area contributed by atoms with Crippen LogP contribution in [0, 0.1) is 0 Å². The Labute approximate surface area is 135 Å². The lowest BCUT2D eigenvalue weighted by Crippen LogP contribution is -2.12. The molecule has 0 fully saturated rings. The van der Waals surface area contributed by atoms with Gasteiger partial charge in [0.25, 0.3) is 5.91 Å². The molecule has 2 N–H and O–H groups in total. The highest BCUT2D eigenvalue weighted by Gasteiger charge is 2.14. The van der Waals surface area contributed by atoms with Crippen LogP contribution in [0.1, 0.15) is 10.5 Å².